The predicted octanol–water partition coefficient (Wildman–Crippen LogP) is 4.87. The number of methoxy groups -OCH3 is 1. The van der Waals surface area contributed by atoms with E-state index in [2.05, 4.69) is 6.08 Å². The quantitative estimate of drug-likeness (QED) is 0.571. The summed E-state index contributed by atoms with van der Waals surface area (Å²) in [4.78, 5) is 29.2. The number of para-hydroxylation sites is 1. The van der Waals surface area contributed by atoms with E-state index in [4.69, 9.17) is 14.5 Å². The van der Waals surface area contributed by atoms with Gasteiger partial charge in [-0.3, -0.25) is 4.79 Å². The monoisotopic (exact) mass is 401 g/mol. The molecule has 1 aliphatic carbocycles. The molecule has 0 atom stereocenters. The molecule has 0 aliphatic heterocycles. The summed E-state index contributed by atoms with van der Waals surface area (Å²) < 4.78 is 10.5. The summed E-state index contributed by atoms with van der Waals surface area (Å²) in [7, 11) is 1.65. The molecule has 1 aliphatic rings. The second-order valence-electron chi connectivity index (χ2n) is 7.41. The SMILES string of the molecule is COc1ccc(C=C2CCCc3c2nc2ccccc2c3C(=O)OCC(C)=O)cc1. The van der Waals surface area contributed by atoms with E-state index in [-0.39, 0.29) is 12.4 Å². The van der Waals surface area contributed by atoms with Gasteiger partial charge in [-0.1, -0.05) is 30.3 Å². The number of rotatable bonds is 5. The topological polar surface area (TPSA) is 65.5 Å². The normalized spacial score (nSPS) is 14.4. The highest BCUT2D eigenvalue weighted by Crippen LogP contribution is 2.36. The van der Waals surface area contributed by atoms with Gasteiger partial charge < -0.3 is 9.47 Å². The van der Waals surface area contributed by atoms with E-state index >= 15 is 0 Å². The van der Waals surface area contributed by atoms with Gasteiger partial charge in [-0.25, -0.2) is 9.78 Å². The van der Waals surface area contributed by atoms with Crippen molar-refractivity contribution in [3.05, 3.63) is 70.9 Å². The van der Waals surface area contributed by atoms with Gasteiger partial charge in [0.1, 0.15) is 12.4 Å². The third-order valence-electron chi connectivity index (χ3n) is 5.24. The first-order chi connectivity index (χ1) is 14.6. The number of esters is 1. The Hall–Kier alpha value is -3.47. The van der Waals surface area contributed by atoms with Crippen molar-refractivity contribution in [1.82, 2.24) is 4.98 Å². The van der Waals surface area contributed by atoms with Crippen LogP contribution in [-0.2, 0) is 16.0 Å². The Kier molecular flexibility index (Phi) is 5.61. The highest BCUT2D eigenvalue weighted by molar-refractivity contribution is 6.07. The molecule has 0 spiro atoms. The number of pyridine rings is 1. The molecule has 0 radical (unpaired) electrons. The van der Waals surface area contributed by atoms with E-state index in [1.807, 2.05) is 48.5 Å². The maximum absolute atomic E-state index is 12.9. The Bertz CT molecular complexity index is 1150. The number of ketones is 1. The summed E-state index contributed by atoms with van der Waals surface area (Å²) in [6, 6.07) is 15.4. The van der Waals surface area contributed by atoms with Gasteiger partial charge in [0.15, 0.2) is 5.78 Å². The molecule has 0 saturated heterocycles. The van der Waals surface area contributed by atoms with Crippen LogP contribution in [0.15, 0.2) is 48.5 Å². The molecule has 0 bridgehead atoms. The number of nitrogens with zero attached hydrogens (tertiary/aromatic N) is 1. The van der Waals surface area contributed by atoms with Gasteiger partial charge >= 0.3 is 5.97 Å². The van der Waals surface area contributed by atoms with Crippen LogP contribution in [0, 0.1) is 0 Å². The lowest BCUT2D eigenvalue weighted by Gasteiger charge is -2.22. The summed E-state index contributed by atoms with van der Waals surface area (Å²) in [6.07, 6.45) is 4.66. The van der Waals surface area contributed by atoms with Gasteiger partial charge in [0.25, 0.3) is 0 Å². The van der Waals surface area contributed by atoms with Crippen LogP contribution in [0.3, 0.4) is 0 Å². The smallest absolute Gasteiger partial charge is 0.339 e. The van der Waals surface area contributed by atoms with Crippen LogP contribution in [0.4, 0.5) is 0 Å². The van der Waals surface area contributed by atoms with Gasteiger partial charge in [-0.15, -0.1) is 0 Å². The van der Waals surface area contributed by atoms with Crippen molar-refractivity contribution < 1.29 is 19.1 Å². The predicted molar refractivity (Wildman–Crippen MR) is 117 cm³/mol. The zero-order chi connectivity index (χ0) is 21.1. The molecule has 152 valence electrons. The van der Waals surface area contributed by atoms with Gasteiger partial charge in [-0.05, 0) is 67.2 Å². The van der Waals surface area contributed by atoms with E-state index < -0.39 is 5.97 Å². The van der Waals surface area contributed by atoms with Crippen LogP contribution in [-0.4, -0.2) is 30.5 Å². The largest absolute Gasteiger partial charge is 0.497 e. The van der Waals surface area contributed by atoms with Gasteiger partial charge in [-0.2, -0.15) is 0 Å². The van der Waals surface area contributed by atoms with Gasteiger partial charge in [0.2, 0.25) is 0 Å². The Morgan fingerprint density at radius 2 is 1.83 bits per heavy atom. The zero-order valence-electron chi connectivity index (χ0n) is 17.1. The molecule has 30 heavy (non-hydrogen) atoms. The number of allylic oxidation sites excluding steroid dienone is 1. The van der Waals surface area contributed by atoms with Gasteiger partial charge in [0, 0.05) is 5.39 Å². The lowest BCUT2D eigenvalue weighted by Crippen LogP contribution is -2.17. The van der Waals surface area contributed by atoms with Crippen LogP contribution in [0.5, 0.6) is 5.75 Å². The van der Waals surface area contributed by atoms with Crippen LogP contribution in [0.1, 0.15) is 46.9 Å². The minimum atomic E-state index is -0.467. The van der Waals surface area contributed by atoms with Crippen molar-refractivity contribution >= 4 is 34.3 Å². The average Bonchev–Trinajstić information content (AvgIpc) is 2.76. The summed E-state index contributed by atoms with van der Waals surface area (Å²) >= 11 is 0. The Morgan fingerprint density at radius 1 is 1.07 bits per heavy atom. The van der Waals surface area contributed by atoms with E-state index in [9.17, 15) is 9.59 Å². The van der Waals surface area contributed by atoms with Crippen molar-refractivity contribution in [2.45, 2.75) is 26.2 Å². The fraction of sp³-hybridized carbons (Fsp3) is 0.240. The molecule has 1 aromatic heterocycles. The van der Waals surface area contributed by atoms with E-state index in [1.165, 1.54) is 6.92 Å². The average molecular weight is 401 g/mol. The van der Waals surface area contributed by atoms with Crippen molar-refractivity contribution in [1.29, 1.82) is 0 Å². The van der Waals surface area contributed by atoms with Crippen LogP contribution >= 0.6 is 0 Å². The molecule has 0 fully saturated rings. The lowest BCUT2D eigenvalue weighted by molar-refractivity contribution is -0.120. The molecule has 2 aromatic carbocycles. The minimum Gasteiger partial charge on any atom is -0.497 e. The van der Waals surface area contributed by atoms with Crippen LogP contribution in [0.2, 0.25) is 0 Å². The molecule has 4 rings (SSSR count). The summed E-state index contributed by atoms with van der Waals surface area (Å²) in [5, 5.41) is 0.760. The van der Waals surface area contributed by atoms with Crippen LogP contribution in [0.25, 0.3) is 22.6 Å². The van der Waals surface area contributed by atoms with Crippen molar-refractivity contribution in [3.63, 3.8) is 0 Å². The molecule has 0 amide bonds. The molecule has 3 aromatic rings. The third kappa shape index (κ3) is 3.96. The van der Waals surface area contributed by atoms with Crippen molar-refractivity contribution in [3.8, 4) is 5.75 Å². The number of aromatic nitrogens is 1. The Balaban J connectivity index is 1.84. The van der Waals surface area contributed by atoms with E-state index in [0.29, 0.717) is 5.56 Å². The fourth-order valence-corrected chi connectivity index (χ4v) is 3.85. The number of carbonyl (C=O) groups excluding carboxylic acids is 2. The first-order valence-electron chi connectivity index (χ1n) is 10.00. The first-order valence-corrected chi connectivity index (χ1v) is 10.00. The van der Waals surface area contributed by atoms with E-state index in [0.717, 1.165) is 58.3 Å². The molecular weight excluding hydrogens is 378 g/mol. The second kappa shape index (κ2) is 8.49. The first kappa shape index (κ1) is 19.8. The zero-order valence-corrected chi connectivity index (χ0v) is 17.1. The molecule has 0 unspecified atom stereocenters. The number of hydrogen-bond acceptors (Lipinski definition) is 5. The molecular formula is C25H23NO4. The minimum absolute atomic E-state index is 0.185. The number of fused-ring (bicyclic) bond motifs is 2. The fourth-order valence-electron chi connectivity index (χ4n) is 3.85. The molecule has 5 nitrogen and oxygen atoms in total. The molecule has 0 saturated carbocycles. The lowest BCUT2D eigenvalue weighted by atomic mass is 9.86. The standard InChI is InChI=1S/C25H23NO4/c1-16(27)15-30-25(28)23-20-7-3-4-9-22(20)26-24-18(6-5-8-21(23)24)14-17-10-12-19(29-2)13-11-17/h3-4,7,9-14H,5-6,8,15H2,1-2H3. The number of benzene rings is 2. The van der Waals surface area contributed by atoms with Gasteiger partial charge in [0.05, 0.1) is 23.9 Å². The second-order valence-corrected chi connectivity index (χ2v) is 7.41. The number of hydrogen-bond donors (Lipinski definition) is 0. The number of Topliss-reactive ketones (excluding diaryl/α,β-unsaturated/α-hetero) is 1. The molecule has 0 N–H and O–H groups in total. The molecule has 5 heteroatoms. The maximum atomic E-state index is 12.9. The highest BCUT2D eigenvalue weighted by Gasteiger charge is 2.26. The van der Waals surface area contributed by atoms with Crippen LogP contribution < -0.4 is 4.74 Å². The number of ether oxygens (including phenoxy) is 2. The molecule has 1 heterocycles. The Morgan fingerprint density at radius 3 is 2.57 bits per heavy atom. The third-order valence-corrected chi connectivity index (χ3v) is 5.24. The summed E-state index contributed by atoms with van der Waals surface area (Å²) in [5.41, 5.74) is 5.15. The summed E-state index contributed by atoms with van der Waals surface area (Å²) in [6.45, 7) is 1.18. The van der Waals surface area contributed by atoms with E-state index in [1.54, 1.807) is 7.11 Å². The maximum Gasteiger partial charge on any atom is 0.339 e. The van der Waals surface area contributed by atoms with Crippen molar-refractivity contribution in [2.75, 3.05) is 13.7 Å². The number of carbonyl (C=O) groups is 2. The Labute approximate surface area is 175 Å². The highest BCUT2D eigenvalue weighted by atomic mass is 16.5. The summed E-state index contributed by atoms with van der Waals surface area (Å²) in [5.74, 6) is 0.155. The van der Waals surface area contributed by atoms with Crippen molar-refractivity contribution in [2.24, 2.45) is 0 Å².